The fourth-order valence-corrected chi connectivity index (χ4v) is 0.515. The van der Waals surface area contributed by atoms with Crippen LogP contribution in [-0.2, 0) is 9.53 Å². The molecule has 1 radical (unpaired) electrons. The third-order valence-corrected chi connectivity index (χ3v) is 0.827. The van der Waals surface area contributed by atoms with Crippen LogP contribution in [0.15, 0.2) is 12.2 Å². The first-order valence-electron chi connectivity index (χ1n) is 3.64. The molecule has 2 nitrogen and oxygen atoms in total. The van der Waals surface area contributed by atoms with Gasteiger partial charge in [-0.1, -0.05) is 6.08 Å². The summed E-state index contributed by atoms with van der Waals surface area (Å²) in [6, 6.07) is 0. The lowest BCUT2D eigenvalue weighted by Gasteiger charge is -2.17. The Kier molecular flexibility index (Phi) is 3.86. The van der Waals surface area contributed by atoms with E-state index in [9.17, 15) is 4.79 Å². The molecule has 0 heterocycles. The van der Waals surface area contributed by atoms with Gasteiger partial charge in [0.05, 0.1) is 0 Å². The van der Waals surface area contributed by atoms with E-state index in [1.54, 1.807) is 6.08 Å². The first-order valence-corrected chi connectivity index (χ1v) is 3.64. The third-order valence-electron chi connectivity index (χ3n) is 0.827. The molecule has 0 aliphatic carbocycles. The van der Waals surface area contributed by atoms with Crippen molar-refractivity contribution >= 4 is 5.97 Å². The van der Waals surface area contributed by atoms with Crippen LogP contribution in [0.1, 0.15) is 27.2 Å². The molecule has 0 spiro atoms. The van der Waals surface area contributed by atoms with Crippen LogP contribution in [0.2, 0.25) is 0 Å². The Hall–Kier alpha value is -0.790. The molecule has 2 heteroatoms. The molecule has 63 valence electrons. The molecule has 11 heavy (non-hydrogen) atoms. The van der Waals surface area contributed by atoms with Crippen LogP contribution < -0.4 is 0 Å². The summed E-state index contributed by atoms with van der Waals surface area (Å²) < 4.78 is 4.99. The summed E-state index contributed by atoms with van der Waals surface area (Å²) in [5.41, 5.74) is -0.400. The Morgan fingerprint density at radius 3 is 2.45 bits per heavy atom. The average molecular weight is 155 g/mol. The van der Waals surface area contributed by atoms with Gasteiger partial charge in [-0.15, -0.1) is 0 Å². The molecule has 0 unspecified atom stereocenters. The molecular formula is C9H15O2. The van der Waals surface area contributed by atoms with Crippen LogP contribution in [0, 0.1) is 6.92 Å². The first-order chi connectivity index (χ1) is 4.95. The Labute approximate surface area is 68.2 Å². The highest BCUT2D eigenvalue weighted by atomic mass is 16.6. The molecule has 0 aromatic heterocycles. The van der Waals surface area contributed by atoms with Gasteiger partial charge in [0.25, 0.3) is 0 Å². The predicted octanol–water partition coefficient (Wildman–Crippen LogP) is 2.11. The van der Waals surface area contributed by atoms with Gasteiger partial charge in [0.2, 0.25) is 0 Å². The number of carbonyl (C=O) groups excluding carboxylic acids is 1. The minimum atomic E-state index is -0.400. The van der Waals surface area contributed by atoms with Gasteiger partial charge >= 0.3 is 5.97 Å². The van der Waals surface area contributed by atoms with E-state index >= 15 is 0 Å². The maximum absolute atomic E-state index is 10.9. The summed E-state index contributed by atoms with van der Waals surface area (Å²) in [6.45, 7) is 9.07. The molecule has 0 aromatic carbocycles. The highest BCUT2D eigenvalue weighted by Gasteiger charge is 2.13. The molecule has 0 aliphatic heterocycles. The van der Waals surface area contributed by atoms with Crippen LogP contribution in [0.4, 0.5) is 0 Å². The van der Waals surface area contributed by atoms with E-state index in [4.69, 9.17) is 4.74 Å². The van der Waals surface area contributed by atoms with Crippen molar-refractivity contribution < 1.29 is 9.53 Å². The minimum absolute atomic E-state index is 0.304. The van der Waals surface area contributed by atoms with E-state index < -0.39 is 5.60 Å². The lowest BCUT2D eigenvalue weighted by atomic mass is 10.2. The van der Waals surface area contributed by atoms with Gasteiger partial charge in [-0.3, -0.25) is 0 Å². The van der Waals surface area contributed by atoms with Gasteiger partial charge in [-0.2, -0.15) is 0 Å². The molecule has 0 amide bonds. The predicted molar refractivity (Wildman–Crippen MR) is 45.0 cm³/mol. The quantitative estimate of drug-likeness (QED) is 0.451. The van der Waals surface area contributed by atoms with Gasteiger partial charge in [0, 0.05) is 6.08 Å². The molecule has 0 bridgehead atoms. The fraction of sp³-hybridized carbons (Fsp3) is 0.556. The maximum atomic E-state index is 10.9. The van der Waals surface area contributed by atoms with Crippen LogP contribution in [0.25, 0.3) is 0 Å². The molecule has 0 rings (SSSR count). The van der Waals surface area contributed by atoms with Crippen molar-refractivity contribution in [1.82, 2.24) is 0 Å². The second kappa shape index (κ2) is 4.16. The number of allylic oxidation sites excluding steroid dienone is 1. The van der Waals surface area contributed by atoms with E-state index in [1.165, 1.54) is 6.08 Å². The van der Waals surface area contributed by atoms with E-state index in [1.807, 2.05) is 20.8 Å². The number of esters is 1. The normalized spacial score (nSPS) is 12.0. The first kappa shape index (κ1) is 10.2. The van der Waals surface area contributed by atoms with E-state index in [0.29, 0.717) is 6.42 Å². The maximum Gasteiger partial charge on any atom is 0.330 e. The summed E-state index contributed by atoms with van der Waals surface area (Å²) in [6.07, 6.45) is 3.69. The summed E-state index contributed by atoms with van der Waals surface area (Å²) >= 11 is 0. The average Bonchev–Trinajstić information content (AvgIpc) is 1.79. The molecular weight excluding hydrogens is 140 g/mol. The van der Waals surface area contributed by atoms with Gasteiger partial charge in [0.15, 0.2) is 0 Å². The van der Waals surface area contributed by atoms with E-state index in [0.717, 1.165) is 0 Å². The Balaban J connectivity index is 3.80. The summed E-state index contributed by atoms with van der Waals surface area (Å²) in [4.78, 5) is 10.9. The Bertz CT molecular complexity index is 151. The lowest BCUT2D eigenvalue weighted by Crippen LogP contribution is -2.22. The van der Waals surface area contributed by atoms with Crippen LogP contribution >= 0.6 is 0 Å². The molecule has 0 aromatic rings. The number of ether oxygens (including phenoxy) is 1. The van der Waals surface area contributed by atoms with Crippen molar-refractivity contribution in [1.29, 1.82) is 0 Å². The van der Waals surface area contributed by atoms with Crippen LogP contribution in [0.3, 0.4) is 0 Å². The van der Waals surface area contributed by atoms with Gasteiger partial charge in [0.1, 0.15) is 5.60 Å². The van der Waals surface area contributed by atoms with Crippen LogP contribution in [-0.4, -0.2) is 11.6 Å². The molecule has 0 saturated heterocycles. The molecule has 0 fully saturated rings. The third kappa shape index (κ3) is 7.10. The van der Waals surface area contributed by atoms with E-state index in [2.05, 4.69) is 6.92 Å². The summed E-state index contributed by atoms with van der Waals surface area (Å²) in [7, 11) is 0. The highest BCUT2D eigenvalue weighted by molar-refractivity contribution is 5.82. The summed E-state index contributed by atoms with van der Waals surface area (Å²) in [5.74, 6) is -0.304. The van der Waals surface area contributed by atoms with Crippen LogP contribution in [0.5, 0.6) is 0 Å². The molecule has 0 atom stereocenters. The van der Waals surface area contributed by atoms with Crippen molar-refractivity contribution in [3.05, 3.63) is 19.1 Å². The van der Waals surface area contributed by atoms with Crippen molar-refractivity contribution in [2.24, 2.45) is 0 Å². The molecule has 0 N–H and O–H groups in total. The Morgan fingerprint density at radius 2 is 2.09 bits per heavy atom. The fourth-order valence-electron chi connectivity index (χ4n) is 0.515. The topological polar surface area (TPSA) is 26.3 Å². The Morgan fingerprint density at radius 1 is 1.55 bits per heavy atom. The zero-order chi connectivity index (χ0) is 8.91. The number of rotatable bonds is 2. The van der Waals surface area contributed by atoms with Crippen molar-refractivity contribution in [2.75, 3.05) is 0 Å². The van der Waals surface area contributed by atoms with Gasteiger partial charge in [-0.25, -0.2) is 4.79 Å². The number of hydrogen-bond donors (Lipinski definition) is 0. The second-order valence-corrected chi connectivity index (χ2v) is 3.22. The van der Waals surface area contributed by atoms with Gasteiger partial charge in [-0.05, 0) is 34.1 Å². The molecule has 0 saturated carbocycles. The van der Waals surface area contributed by atoms with Crippen molar-refractivity contribution in [2.45, 2.75) is 32.8 Å². The number of carbonyl (C=O) groups is 1. The minimum Gasteiger partial charge on any atom is -0.457 e. The molecule has 0 aliphatic rings. The largest absolute Gasteiger partial charge is 0.457 e. The standard InChI is InChI=1S/C9H15O2/c1-5-6-7-8(10)11-9(2,3)4/h6-7H,1,5H2,2-4H3. The summed E-state index contributed by atoms with van der Waals surface area (Å²) in [5, 5.41) is 0. The number of hydrogen-bond acceptors (Lipinski definition) is 2. The van der Waals surface area contributed by atoms with Gasteiger partial charge < -0.3 is 4.74 Å². The monoisotopic (exact) mass is 155 g/mol. The lowest BCUT2D eigenvalue weighted by molar-refractivity contribution is -0.148. The second-order valence-electron chi connectivity index (χ2n) is 3.22. The smallest absolute Gasteiger partial charge is 0.330 e. The highest BCUT2D eigenvalue weighted by Crippen LogP contribution is 2.06. The van der Waals surface area contributed by atoms with Crippen molar-refractivity contribution in [3.63, 3.8) is 0 Å². The zero-order valence-electron chi connectivity index (χ0n) is 7.39. The zero-order valence-corrected chi connectivity index (χ0v) is 7.39. The van der Waals surface area contributed by atoms with E-state index in [-0.39, 0.29) is 5.97 Å². The van der Waals surface area contributed by atoms with Crippen molar-refractivity contribution in [3.8, 4) is 0 Å². The SMILES string of the molecule is [CH2]CC=CC(=O)OC(C)(C)C.